The number of aliphatic hydroxyl groups is 1. The van der Waals surface area contributed by atoms with Gasteiger partial charge in [-0.2, -0.15) is 0 Å². The van der Waals surface area contributed by atoms with Crippen LogP contribution in [0.3, 0.4) is 0 Å². The minimum Gasteiger partial charge on any atom is -0.393 e. The van der Waals surface area contributed by atoms with Crippen LogP contribution in [0.2, 0.25) is 0 Å². The van der Waals surface area contributed by atoms with E-state index in [2.05, 4.69) is 6.92 Å². The number of hydrogen-bond acceptors (Lipinski definition) is 3. The van der Waals surface area contributed by atoms with Crippen LogP contribution in [0.4, 0.5) is 0 Å². The maximum atomic E-state index is 9.85. The van der Waals surface area contributed by atoms with Gasteiger partial charge in [-0.3, -0.25) is 0 Å². The summed E-state index contributed by atoms with van der Waals surface area (Å²) in [6.45, 7) is 7.70. The quantitative estimate of drug-likeness (QED) is 0.253. The highest BCUT2D eigenvalue weighted by Crippen LogP contribution is 2.13. The molecule has 0 spiro atoms. The monoisotopic (exact) mass is 330 g/mol. The Morgan fingerprint density at radius 1 is 0.696 bits per heavy atom. The second-order valence-corrected chi connectivity index (χ2v) is 6.66. The van der Waals surface area contributed by atoms with E-state index in [0.717, 1.165) is 32.5 Å². The standard InChI is InChI=1S/C20H42O3/c1-4-6-13-16-20(21)17-14-11-9-7-8-10-12-15-18-23-19(3)22-5-2/h19-21H,4-18H2,1-3H3/t19?,20-/m0/s1. The molecule has 0 fully saturated rings. The maximum Gasteiger partial charge on any atom is 0.154 e. The molecule has 1 N–H and O–H groups in total. The molecule has 0 aromatic rings. The molecule has 0 saturated carbocycles. The summed E-state index contributed by atoms with van der Waals surface area (Å²) >= 11 is 0. The summed E-state index contributed by atoms with van der Waals surface area (Å²) in [7, 11) is 0. The molecule has 0 aliphatic carbocycles. The Labute approximate surface area is 145 Å². The Morgan fingerprint density at radius 3 is 1.78 bits per heavy atom. The van der Waals surface area contributed by atoms with Crippen LogP contribution in [0.25, 0.3) is 0 Å². The Hall–Kier alpha value is -0.120. The van der Waals surface area contributed by atoms with Gasteiger partial charge in [0, 0.05) is 13.2 Å². The van der Waals surface area contributed by atoms with Gasteiger partial charge in [0.05, 0.1) is 6.10 Å². The Morgan fingerprint density at radius 2 is 1.22 bits per heavy atom. The summed E-state index contributed by atoms with van der Waals surface area (Å²) in [6.07, 6.45) is 15.7. The van der Waals surface area contributed by atoms with Crippen LogP contribution in [-0.2, 0) is 9.47 Å². The maximum absolute atomic E-state index is 9.85. The van der Waals surface area contributed by atoms with E-state index in [1.165, 1.54) is 64.2 Å². The van der Waals surface area contributed by atoms with Crippen LogP contribution in [-0.4, -0.2) is 30.7 Å². The number of hydrogen-bond donors (Lipinski definition) is 1. The van der Waals surface area contributed by atoms with E-state index in [4.69, 9.17) is 9.47 Å². The summed E-state index contributed by atoms with van der Waals surface area (Å²) in [5.74, 6) is 0. The van der Waals surface area contributed by atoms with Gasteiger partial charge in [-0.25, -0.2) is 0 Å². The Kier molecular flexibility index (Phi) is 18.1. The zero-order chi connectivity index (χ0) is 17.2. The smallest absolute Gasteiger partial charge is 0.154 e. The van der Waals surface area contributed by atoms with Crippen LogP contribution < -0.4 is 0 Å². The normalized spacial score (nSPS) is 14.1. The lowest BCUT2D eigenvalue weighted by molar-refractivity contribution is -0.127. The number of aliphatic hydroxyl groups excluding tert-OH is 1. The van der Waals surface area contributed by atoms with Gasteiger partial charge in [0.15, 0.2) is 6.29 Å². The molecule has 140 valence electrons. The fraction of sp³-hybridized carbons (Fsp3) is 1.00. The third-order valence-electron chi connectivity index (χ3n) is 4.33. The summed E-state index contributed by atoms with van der Waals surface area (Å²) in [5.41, 5.74) is 0. The first-order chi connectivity index (χ1) is 11.2. The van der Waals surface area contributed by atoms with Crippen molar-refractivity contribution < 1.29 is 14.6 Å². The number of ether oxygens (including phenoxy) is 2. The van der Waals surface area contributed by atoms with Crippen molar-refractivity contribution in [2.45, 2.75) is 117 Å². The molecule has 23 heavy (non-hydrogen) atoms. The average Bonchev–Trinajstić information content (AvgIpc) is 2.53. The predicted octanol–water partition coefficient (Wildman–Crippen LogP) is 5.84. The lowest BCUT2D eigenvalue weighted by Crippen LogP contribution is -2.13. The molecule has 0 heterocycles. The van der Waals surface area contributed by atoms with E-state index in [1.54, 1.807) is 0 Å². The molecule has 0 radical (unpaired) electrons. The molecule has 1 unspecified atom stereocenters. The predicted molar refractivity (Wildman–Crippen MR) is 98.7 cm³/mol. The molecule has 0 bridgehead atoms. The topological polar surface area (TPSA) is 38.7 Å². The third kappa shape index (κ3) is 18.1. The lowest BCUT2D eigenvalue weighted by atomic mass is 10.0. The van der Waals surface area contributed by atoms with E-state index < -0.39 is 0 Å². The van der Waals surface area contributed by atoms with E-state index >= 15 is 0 Å². The molecule has 0 aromatic heterocycles. The van der Waals surface area contributed by atoms with Crippen molar-refractivity contribution >= 4 is 0 Å². The zero-order valence-electron chi connectivity index (χ0n) is 16.0. The molecule has 0 aromatic carbocycles. The highest BCUT2D eigenvalue weighted by molar-refractivity contribution is 4.57. The van der Waals surface area contributed by atoms with Gasteiger partial charge in [0.2, 0.25) is 0 Å². The van der Waals surface area contributed by atoms with Gasteiger partial charge >= 0.3 is 0 Å². The van der Waals surface area contributed by atoms with Crippen molar-refractivity contribution in [2.75, 3.05) is 13.2 Å². The summed E-state index contributed by atoms with van der Waals surface area (Å²) < 4.78 is 10.9. The average molecular weight is 331 g/mol. The van der Waals surface area contributed by atoms with Gasteiger partial charge < -0.3 is 14.6 Å². The number of unbranched alkanes of at least 4 members (excludes halogenated alkanes) is 9. The SMILES string of the molecule is CCCCC[C@H](O)CCCCCCCCCCOC(C)OCC. The summed E-state index contributed by atoms with van der Waals surface area (Å²) in [4.78, 5) is 0. The van der Waals surface area contributed by atoms with Crippen LogP contribution in [0.5, 0.6) is 0 Å². The van der Waals surface area contributed by atoms with Gasteiger partial charge in [-0.1, -0.05) is 71.1 Å². The van der Waals surface area contributed by atoms with Crippen molar-refractivity contribution in [1.82, 2.24) is 0 Å². The molecule has 2 atom stereocenters. The molecule has 3 nitrogen and oxygen atoms in total. The van der Waals surface area contributed by atoms with E-state index in [-0.39, 0.29) is 12.4 Å². The van der Waals surface area contributed by atoms with Crippen molar-refractivity contribution in [2.24, 2.45) is 0 Å². The highest BCUT2D eigenvalue weighted by atomic mass is 16.7. The van der Waals surface area contributed by atoms with Gasteiger partial charge in [-0.05, 0) is 33.1 Å². The van der Waals surface area contributed by atoms with E-state index in [9.17, 15) is 5.11 Å². The first-order valence-electron chi connectivity index (χ1n) is 10.1. The van der Waals surface area contributed by atoms with Gasteiger partial charge in [0.25, 0.3) is 0 Å². The minimum absolute atomic E-state index is 0.0550. The first kappa shape index (κ1) is 22.9. The molecule has 0 amide bonds. The van der Waals surface area contributed by atoms with Crippen LogP contribution in [0.15, 0.2) is 0 Å². The molecular weight excluding hydrogens is 288 g/mol. The molecular formula is C20H42O3. The second kappa shape index (κ2) is 18.2. The largest absolute Gasteiger partial charge is 0.393 e. The number of rotatable bonds is 18. The summed E-state index contributed by atoms with van der Waals surface area (Å²) in [5, 5.41) is 9.85. The van der Waals surface area contributed by atoms with E-state index in [0.29, 0.717) is 0 Å². The molecule has 0 aliphatic heterocycles. The van der Waals surface area contributed by atoms with Crippen molar-refractivity contribution in [3.63, 3.8) is 0 Å². The molecule has 0 saturated heterocycles. The van der Waals surface area contributed by atoms with Crippen molar-refractivity contribution in [3.05, 3.63) is 0 Å². The lowest BCUT2D eigenvalue weighted by Gasteiger charge is -2.12. The van der Waals surface area contributed by atoms with Gasteiger partial charge in [-0.15, -0.1) is 0 Å². The van der Waals surface area contributed by atoms with Crippen molar-refractivity contribution in [3.8, 4) is 0 Å². The van der Waals surface area contributed by atoms with Crippen LogP contribution in [0, 0.1) is 0 Å². The van der Waals surface area contributed by atoms with E-state index in [1.807, 2.05) is 13.8 Å². The zero-order valence-corrected chi connectivity index (χ0v) is 16.0. The molecule has 0 rings (SSSR count). The van der Waals surface area contributed by atoms with Crippen LogP contribution >= 0.6 is 0 Å². The fourth-order valence-electron chi connectivity index (χ4n) is 2.85. The Balaban J connectivity index is 3.13. The van der Waals surface area contributed by atoms with Crippen LogP contribution in [0.1, 0.15) is 104 Å². The molecule has 3 heteroatoms. The Bertz CT molecular complexity index is 221. The third-order valence-corrected chi connectivity index (χ3v) is 4.33. The van der Waals surface area contributed by atoms with Crippen molar-refractivity contribution in [1.29, 1.82) is 0 Å². The molecule has 0 aliphatic rings. The minimum atomic E-state index is -0.0580. The first-order valence-corrected chi connectivity index (χ1v) is 10.1. The van der Waals surface area contributed by atoms with Gasteiger partial charge in [0.1, 0.15) is 0 Å². The second-order valence-electron chi connectivity index (χ2n) is 6.66. The fourth-order valence-corrected chi connectivity index (χ4v) is 2.85. The summed E-state index contributed by atoms with van der Waals surface area (Å²) in [6, 6.07) is 0. The highest BCUT2D eigenvalue weighted by Gasteiger charge is 2.03.